The van der Waals surface area contributed by atoms with Gasteiger partial charge in [0.2, 0.25) is 5.91 Å². The van der Waals surface area contributed by atoms with Gasteiger partial charge in [-0.15, -0.1) is 0 Å². The molecule has 120 valence electrons. The number of nitrogens with zero attached hydrogens (tertiary/aromatic N) is 1. The normalized spacial score (nSPS) is 14.5. The van der Waals surface area contributed by atoms with E-state index >= 15 is 0 Å². The van der Waals surface area contributed by atoms with Gasteiger partial charge in [0.15, 0.2) is 11.6 Å². The minimum absolute atomic E-state index is 0.175. The van der Waals surface area contributed by atoms with Crippen LogP contribution in [0.1, 0.15) is 24.0 Å². The minimum atomic E-state index is -0.833. The number of anilines is 1. The Morgan fingerprint density at radius 3 is 2.30 bits per heavy atom. The molecule has 5 heteroatoms. The topological polar surface area (TPSA) is 32.3 Å². The van der Waals surface area contributed by atoms with Gasteiger partial charge >= 0.3 is 0 Å². The number of hydrogen-bond acceptors (Lipinski definition) is 2. The summed E-state index contributed by atoms with van der Waals surface area (Å²) in [5, 5.41) is 3.19. The van der Waals surface area contributed by atoms with Crippen molar-refractivity contribution in [2.75, 3.05) is 11.4 Å². The smallest absolute Gasteiger partial charge is 0.227 e. The van der Waals surface area contributed by atoms with Crippen molar-refractivity contribution in [1.82, 2.24) is 5.32 Å². The predicted octanol–water partition coefficient (Wildman–Crippen LogP) is 3.38. The highest BCUT2D eigenvalue weighted by molar-refractivity contribution is 5.95. The van der Waals surface area contributed by atoms with Crippen LogP contribution in [0.5, 0.6) is 0 Å². The van der Waals surface area contributed by atoms with E-state index in [2.05, 4.69) is 5.32 Å². The Morgan fingerprint density at radius 2 is 1.65 bits per heavy atom. The first kappa shape index (κ1) is 15.6. The first-order valence-electron chi connectivity index (χ1n) is 7.67. The van der Waals surface area contributed by atoms with Crippen molar-refractivity contribution in [1.29, 1.82) is 0 Å². The Hall–Kier alpha value is -2.27. The number of carbonyl (C=O) groups is 1. The van der Waals surface area contributed by atoms with Crippen LogP contribution in [-0.2, 0) is 17.9 Å². The Bertz CT molecular complexity index is 701. The Labute approximate surface area is 133 Å². The molecule has 1 N–H and O–H groups in total. The van der Waals surface area contributed by atoms with Crippen LogP contribution in [0.2, 0.25) is 0 Å². The molecule has 1 aliphatic heterocycles. The molecule has 0 spiro atoms. The van der Waals surface area contributed by atoms with E-state index in [4.69, 9.17) is 0 Å². The summed E-state index contributed by atoms with van der Waals surface area (Å²) in [5.74, 6) is -1.49. The number of amides is 1. The van der Waals surface area contributed by atoms with E-state index in [0.29, 0.717) is 25.1 Å². The van der Waals surface area contributed by atoms with Gasteiger partial charge in [-0.2, -0.15) is 0 Å². The molecule has 1 saturated heterocycles. The largest absolute Gasteiger partial charge is 0.312 e. The van der Waals surface area contributed by atoms with Gasteiger partial charge in [-0.1, -0.05) is 18.2 Å². The summed E-state index contributed by atoms with van der Waals surface area (Å²) < 4.78 is 26.0. The molecule has 1 aliphatic rings. The molecule has 3 rings (SSSR count). The Morgan fingerprint density at radius 1 is 0.957 bits per heavy atom. The molecule has 0 bridgehead atoms. The van der Waals surface area contributed by atoms with Crippen LogP contribution in [0.4, 0.5) is 14.5 Å². The zero-order valence-electron chi connectivity index (χ0n) is 12.7. The molecule has 1 fully saturated rings. The van der Waals surface area contributed by atoms with E-state index in [1.54, 1.807) is 11.0 Å². The molecular weight excluding hydrogens is 298 g/mol. The van der Waals surface area contributed by atoms with Crippen molar-refractivity contribution in [2.24, 2.45) is 0 Å². The lowest BCUT2D eigenvalue weighted by Gasteiger charge is -2.16. The Balaban J connectivity index is 1.54. The lowest BCUT2D eigenvalue weighted by Crippen LogP contribution is -2.23. The number of halogens is 2. The van der Waals surface area contributed by atoms with E-state index in [1.165, 1.54) is 6.07 Å². The lowest BCUT2D eigenvalue weighted by atomic mass is 10.1. The summed E-state index contributed by atoms with van der Waals surface area (Å²) in [5.41, 5.74) is 2.70. The molecule has 0 aliphatic carbocycles. The summed E-state index contributed by atoms with van der Waals surface area (Å²) in [7, 11) is 0. The number of rotatable bonds is 5. The average Bonchev–Trinajstić information content (AvgIpc) is 2.98. The van der Waals surface area contributed by atoms with E-state index in [0.717, 1.165) is 30.3 Å². The van der Waals surface area contributed by atoms with Crippen LogP contribution < -0.4 is 10.2 Å². The molecule has 0 aromatic heterocycles. The van der Waals surface area contributed by atoms with Crippen molar-refractivity contribution in [3.8, 4) is 0 Å². The molecule has 0 saturated carbocycles. The summed E-state index contributed by atoms with van der Waals surface area (Å²) in [6.45, 7) is 1.86. The maximum absolute atomic E-state index is 13.1. The fourth-order valence-corrected chi connectivity index (χ4v) is 2.72. The van der Waals surface area contributed by atoms with Crippen molar-refractivity contribution < 1.29 is 13.6 Å². The highest BCUT2D eigenvalue weighted by atomic mass is 19.2. The molecule has 3 nitrogen and oxygen atoms in total. The quantitative estimate of drug-likeness (QED) is 0.917. The fraction of sp³-hybridized carbons (Fsp3) is 0.278. The van der Waals surface area contributed by atoms with Crippen LogP contribution in [0.15, 0.2) is 42.5 Å². The maximum atomic E-state index is 13.1. The van der Waals surface area contributed by atoms with Crippen molar-refractivity contribution >= 4 is 11.6 Å². The molecule has 1 heterocycles. The van der Waals surface area contributed by atoms with Crippen LogP contribution in [-0.4, -0.2) is 12.5 Å². The molecule has 2 aromatic rings. The minimum Gasteiger partial charge on any atom is -0.312 e. The second kappa shape index (κ2) is 6.87. The third-order valence-electron chi connectivity index (χ3n) is 3.96. The van der Waals surface area contributed by atoms with Crippen LogP contribution in [0.25, 0.3) is 0 Å². The van der Waals surface area contributed by atoms with Crippen LogP contribution >= 0.6 is 0 Å². The summed E-state index contributed by atoms with van der Waals surface area (Å²) in [6, 6.07) is 11.7. The zero-order valence-corrected chi connectivity index (χ0v) is 12.7. The number of nitrogens with one attached hydrogen (secondary N) is 1. The molecule has 0 radical (unpaired) electrons. The van der Waals surface area contributed by atoms with Gasteiger partial charge in [-0.05, 0) is 41.8 Å². The number of carbonyl (C=O) groups excluding carboxylic acids is 1. The van der Waals surface area contributed by atoms with Gasteiger partial charge in [-0.25, -0.2) is 8.78 Å². The summed E-state index contributed by atoms with van der Waals surface area (Å²) in [4.78, 5) is 13.5. The third kappa shape index (κ3) is 3.74. The highest BCUT2D eigenvalue weighted by Crippen LogP contribution is 2.21. The second-order valence-electron chi connectivity index (χ2n) is 5.67. The average molecular weight is 316 g/mol. The number of benzene rings is 2. The molecule has 0 unspecified atom stereocenters. The fourth-order valence-electron chi connectivity index (χ4n) is 2.72. The lowest BCUT2D eigenvalue weighted by molar-refractivity contribution is -0.117. The van der Waals surface area contributed by atoms with E-state index in [9.17, 15) is 13.6 Å². The van der Waals surface area contributed by atoms with E-state index in [-0.39, 0.29) is 5.91 Å². The number of hydrogen-bond donors (Lipinski definition) is 1. The van der Waals surface area contributed by atoms with Crippen LogP contribution in [0, 0.1) is 11.6 Å². The monoisotopic (exact) mass is 316 g/mol. The van der Waals surface area contributed by atoms with Gasteiger partial charge in [0, 0.05) is 31.7 Å². The Kier molecular flexibility index (Phi) is 4.67. The first-order chi connectivity index (χ1) is 11.1. The van der Waals surface area contributed by atoms with Gasteiger partial charge < -0.3 is 10.2 Å². The van der Waals surface area contributed by atoms with Gasteiger partial charge in [-0.3, -0.25) is 4.79 Å². The summed E-state index contributed by atoms with van der Waals surface area (Å²) >= 11 is 0. The molecule has 23 heavy (non-hydrogen) atoms. The molecule has 1 amide bonds. The van der Waals surface area contributed by atoms with Gasteiger partial charge in [0.05, 0.1) is 0 Å². The molecule has 0 atom stereocenters. The molecule has 2 aromatic carbocycles. The van der Waals surface area contributed by atoms with E-state index in [1.807, 2.05) is 24.3 Å². The van der Waals surface area contributed by atoms with Crippen LogP contribution in [0.3, 0.4) is 0 Å². The van der Waals surface area contributed by atoms with Crippen molar-refractivity contribution in [3.05, 3.63) is 65.2 Å². The zero-order chi connectivity index (χ0) is 16.2. The van der Waals surface area contributed by atoms with Crippen molar-refractivity contribution in [2.45, 2.75) is 25.9 Å². The van der Waals surface area contributed by atoms with Gasteiger partial charge in [0.25, 0.3) is 0 Å². The predicted molar refractivity (Wildman–Crippen MR) is 84.9 cm³/mol. The maximum Gasteiger partial charge on any atom is 0.227 e. The second-order valence-corrected chi connectivity index (χ2v) is 5.67. The highest BCUT2D eigenvalue weighted by Gasteiger charge is 2.21. The SMILES string of the molecule is O=C1CCCN1c1ccc(CNCc2ccc(F)c(F)c2)cc1. The first-order valence-corrected chi connectivity index (χ1v) is 7.67. The standard InChI is InChI=1S/C18H18F2N2O/c19-16-8-5-14(10-17(16)20)12-21-11-13-3-6-15(7-4-13)22-9-1-2-18(22)23/h3-8,10,21H,1-2,9,11-12H2. The van der Waals surface area contributed by atoms with Crippen molar-refractivity contribution in [3.63, 3.8) is 0 Å². The van der Waals surface area contributed by atoms with E-state index < -0.39 is 11.6 Å². The summed E-state index contributed by atoms with van der Waals surface area (Å²) in [6.07, 6.45) is 1.54. The third-order valence-corrected chi connectivity index (χ3v) is 3.96. The molecular formula is C18H18F2N2O. The van der Waals surface area contributed by atoms with Gasteiger partial charge in [0.1, 0.15) is 0 Å².